The number of rotatable bonds is 4. The number of aromatic nitrogens is 1. The lowest BCUT2D eigenvalue weighted by Gasteiger charge is -2.16. The molecule has 0 aliphatic heterocycles. The van der Waals surface area contributed by atoms with Crippen LogP contribution in [0, 0.1) is 6.92 Å². The fraction of sp³-hybridized carbons (Fsp3) is 0.444. The zero-order valence-corrected chi connectivity index (χ0v) is 8.80. The van der Waals surface area contributed by atoms with Crippen LogP contribution >= 0.6 is 0 Å². The summed E-state index contributed by atoms with van der Waals surface area (Å²) in [7, 11) is 0. The third kappa shape index (κ3) is 2.57. The van der Waals surface area contributed by atoms with Gasteiger partial charge in [-0.2, -0.15) is 0 Å². The van der Waals surface area contributed by atoms with E-state index in [4.69, 9.17) is 14.6 Å². The van der Waals surface area contributed by atoms with Crippen molar-refractivity contribution in [3.05, 3.63) is 17.8 Å². The molecule has 0 bridgehead atoms. The maximum absolute atomic E-state index is 11.5. The van der Waals surface area contributed by atoms with Gasteiger partial charge in [0, 0.05) is 0 Å². The van der Waals surface area contributed by atoms with Crippen LogP contribution in [0.1, 0.15) is 23.2 Å². The van der Waals surface area contributed by atoms with Crippen LogP contribution in [0.25, 0.3) is 0 Å². The summed E-state index contributed by atoms with van der Waals surface area (Å²) in [5.74, 6) is -2.10. The van der Waals surface area contributed by atoms with E-state index in [-0.39, 0.29) is 5.76 Å². The average molecular weight is 228 g/mol. The quantitative estimate of drug-likeness (QED) is 0.643. The van der Waals surface area contributed by atoms with Gasteiger partial charge in [0.1, 0.15) is 0 Å². The number of aliphatic hydroxyl groups is 1. The Bertz CT molecular complexity index is 398. The number of aliphatic carboxylic acids is 1. The van der Waals surface area contributed by atoms with Crippen LogP contribution in [0.3, 0.4) is 0 Å². The zero-order valence-electron chi connectivity index (χ0n) is 8.80. The Morgan fingerprint density at radius 3 is 2.56 bits per heavy atom. The number of hydrogen-bond acceptors (Lipinski definition) is 5. The third-order valence-electron chi connectivity index (χ3n) is 1.99. The number of carboxylic acids is 1. The van der Waals surface area contributed by atoms with Crippen LogP contribution in [0.2, 0.25) is 0 Å². The number of aryl methyl sites for hydroxylation is 1. The minimum absolute atomic E-state index is 0.0631. The molecule has 16 heavy (non-hydrogen) atoms. The first-order chi connectivity index (χ1) is 7.43. The van der Waals surface area contributed by atoms with E-state index in [1.807, 2.05) is 0 Å². The molecule has 2 atom stereocenters. The predicted molar refractivity (Wildman–Crippen MR) is 51.8 cm³/mol. The molecule has 7 heteroatoms. The zero-order chi connectivity index (χ0) is 12.3. The molecular weight excluding hydrogens is 216 g/mol. The Hall–Kier alpha value is -1.89. The maximum atomic E-state index is 11.5. The van der Waals surface area contributed by atoms with Crippen molar-refractivity contribution < 1.29 is 24.2 Å². The highest BCUT2D eigenvalue weighted by Crippen LogP contribution is 2.05. The molecule has 1 aromatic heterocycles. The summed E-state index contributed by atoms with van der Waals surface area (Å²) in [6, 6.07) is -1.38. The molecule has 0 aliphatic carbocycles. The van der Waals surface area contributed by atoms with E-state index < -0.39 is 24.0 Å². The largest absolute Gasteiger partial charge is 0.480 e. The van der Waals surface area contributed by atoms with Crippen molar-refractivity contribution in [2.45, 2.75) is 26.0 Å². The fourth-order valence-electron chi connectivity index (χ4n) is 1.12. The molecule has 0 aromatic carbocycles. The summed E-state index contributed by atoms with van der Waals surface area (Å²) in [6.07, 6.45) is -0.118. The Balaban J connectivity index is 2.77. The molecule has 0 saturated heterocycles. The smallest absolute Gasteiger partial charge is 0.328 e. The van der Waals surface area contributed by atoms with E-state index in [1.54, 1.807) is 6.92 Å². The van der Waals surface area contributed by atoms with Gasteiger partial charge in [-0.25, -0.2) is 9.78 Å². The average Bonchev–Trinajstić information content (AvgIpc) is 2.59. The van der Waals surface area contributed by atoms with Crippen molar-refractivity contribution >= 4 is 11.9 Å². The Kier molecular flexibility index (Phi) is 3.62. The number of amides is 1. The van der Waals surface area contributed by atoms with Crippen LogP contribution < -0.4 is 5.32 Å². The number of carbonyl (C=O) groups is 2. The topological polar surface area (TPSA) is 113 Å². The molecule has 0 aliphatic rings. The highest BCUT2D eigenvalue weighted by molar-refractivity contribution is 5.95. The molecule has 88 valence electrons. The van der Waals surface area contributed by atoms with Gasteiger partial charge in [-0.05, 0) is 13.8 Å². The van der Waals surface area contributed by atoms with E-state index in [0.29, 0.717) is 5.69 Å². The van der Waals surface area contributed by atoms with Crippen molar-refractivity contribution in [3.8, 4) is 0 Å². The van der Waals surface area contributed by atoms with Gasteiger partial charge in [-0.3, -0.25) is 4.79 Å². The standard InChI is InChI=1S/C9H12N2O5/c1-4-7(16-3-10-4)8(13)11-6(5(2)12)9(14)15/h3,5-6,12H,1-2H3,(H,11,13)(H,14,15)/t5-,6+/m1/s1. The van der Waals surface area contributed by atoms with Gasteiger partial charge in [-0.1, -0.05) is 0 Å². The molecule has 3 N–H and O–H groups in total. The SMILES string of the molecule is Cc1ncoc1C(=O)N[C@H](C(=O)O)[C@@H](C)O. The van der Waals surface area contributed by atoms with Gasteiger partial charge in [0.05, 0.1) is 11.8 Å². The summed E-state index contributed by atoms with van der Waals surface area (Å²) >= 11 is 0. The van der Waals surface area contributed by atoms with Gasteiger partial charge in [-0.15, -0.1) is 0 Å². The third-order valence-corrected chi connectivity index (χ3v) is 1.99. The normalized spacial score (nSPS) is 14.2. The number of hydrogen-bond donors (Lipinski definition) is 3. The summed E-state index contributed by atoms with van der Waals surface area (Å²) in [5, 5.41) is 20.0. The van der Waals surface area contributed by atoms with Crippen molar-refractivity contribution in [2.75, 3.05) is 0 Å². The molecule has 1 heterocycles. The molecule has 1 aromatic rings. The fourth-order valence-corrected chi connectivity index (χ4v) is 1.12. The lowest BCUT2D eigenvalue weighted by Crippen LogP contribution is -2.47. The first-order valence-corrected chi connectivity index (χ1v) is 4.55. The summed E-state index contributed by atoms with van der Waals surface area (Å²) < 4.78 is 4.79. The monoisotopic (exact) mass is 228 g/mol. The van der Waals surface area contributed by atoms with E-state index >= 15 is 0 Å². The number of nitrogens with one attached hydrogen (secondary N) is 1. The number of aliphatic hydroxyl groups excluding tert-OH is 1. The second kappa shape index (κ2) is 4.75. The van der Waals surface area contributed by atoms with Crippen molar-refractivity contribution in [1.82, 2.24) is 10.3 Å². The Labute approximate surface area is 91.1 Å². The molecule has 1 rings (SSSR count). The molecule has 1 amide bonds. The summed E-state index contributed by atoms with van der Waals surface area (Å²) in [4.78, 5) is 25.9. The van der Waals surface area contributed by atoms with Crippen molar-refractivity contribution in [1.29, 1.82) is 0 Å². The van der Waals surface area contributed by atoms with Crippen LogP contribution in [-0.4, -0.2) is 39.2 Å². The Morgan fingerprint density at radius 2 is 2.19 bits per heavy atom. The minimum atomic E-state index is -1.38. The first kappa shape index (κ1) is 12.2. The van der Waals surface area contributed by atoms with Crippen molar-refractivity contribution in [2.24, 2.45) is 0 Å². The van der Waals surface area contributed by atoms with E-state index in [2.05, 4.69) is 10.3 Å². The molecule has 0 radical (unpaired) electrons. The molecule has 0 saturated carbocycles. The van der Waals surface area contributed by atoms with Gasteiger partial charge in [0.25, 0.3) is 5.91 Å². The van der Waals surface area contributed by atoms with Crippen LogP contribution in [0.5, 0.6) is 0 Å². The maximum Gasteiger partial charge on any atom is 0.328 e. The van der Waals surface area contributed by atoms with Crippen LogP contribution in [0.4, 0.5) is 0 Å². The van der Waals surface area contributed by atoms with Crippen LogP contribution in [0.15, 0.2) is 10.8 Å². The first-order valence-electron chi connectivity index (χ1n) is 4.55. The van der Waals surface area contributed by atoms with E-state index in [9.17, 15) is 9.59 Å². The highest BCUT2D eigenvalue weighted by Gasteiger charge is 2.27. The number of oxazole rings is 1. The van der Waals surface area contributed by atoms with E-state index in [1.165, 1.54) is 6.92 Å². The number of carbonyl (C=O) groups excluding carboxylic acids is 1. The molecule has 7 nitrogen and oxygen atoms in total. The number of carboxylic acid groups (broad SMARTS) is 1. The van der Waals surface area contributed by atoms with Gasteiger partial charge < -0.3 is 19.9 Å². The van der Waals surface area contributed by atoms with E-state index in [0.717, 1.165) is 6.39 Å². The number of nitrogens with zero attached hydrogens (tertiary/aromatic N) is 1. The predicted octanol–water partition coefficient (Wildman–Crippen LogP) is -0.453. The minimum Gasteiger partial charge on any atom is -0.480 e. The van der Waals surface area contributed by atoms with Crippen molar-refractivity contribution in [3.63, 3.8) is 0 Å². The second-order valence-corrected chi connectivity index (χ2v) is 3.30. The molecule has 0 fully saturated rings. The molecule has 0 unspecified atom stereocenters. The molecular formula is C9H12N2O5. The lowest BCUT2D eigenvalue weighted by molar-refractivity contribution is -0.141. The summed E-state index contributed by atoms with van der Waals surface area (Å²) in [6.45, 7) is 2.82. The second-order valence-electron chi connectivity index (χ2n) is 3.30. The lowest BCUT2D eigenvalue weighted by atomic mass is 10.2. The van der Waals surface area contributed by atoms with Gasteiger partial charge in [0.15, 0.2) is 12.4 Å². The van der Waals surface area contributed by atoms with Crippen LogP contribution in [-0.2, 0) is 4.79 Å². The Morgan fingerprint density at radius 1 is 1.56 bits per heavy atom. The highest BCUT2D eigenvalue weighted by atomic mass is 16.4. The van der Waals surface area contributed by atoms with Gasteiger partial charge >= 0.3 is 5.97 Å². The molecule has 0 spiro atoms. The summed E-state index contributed by atoms with van der Waals surface area (Å²) in [5.41, 5.74) is 0.354. The van der Waals surface area contributed by atoms with Gasteiger partial charge in [0.2, 0.25) is 5.76 Å².